The molecule has 0 saturated heterocycles. The van der Waals surface area contributed by atoms with Gasteiger partial charge in [-0.25, -0.2) is 9.79 Å². The molecule has 6 rings (SSSR count). The summed E-state index contributed by atoms with van der Waals surface area (Å²) < 4.78 is 9.37. The first-order chi connectivity index (χ1) is 21.7. The maximum atomic E-state index is 14.2. The Balaban J connectivity index is 1.48. The minimum absolute atomic E-state index is 0.191. The molecule has 0 bridgehead atoms. The number of nitrogens with zero attached hydrogens (tertiary/aromatic N) is 3. The molecule has 0 radical (unpaired) electrons. The van der Waals surface area contributed by atoms with E-state index in [0.717, 1.165) is 28.2 Å². The lowest BCUT2D eigenvalue weighted by Gasteiger charge is -2.25. The number of carbonyl (C=O) groups is 2. The first kappa shape index (κ1) is 29.6. The van der Waals surface area contributed by atoms with Crippen molar-refractivity contribution in [3.8, 4) is 11.4 Å². The summed E-state index contributed by atoms with van der Waals surface area (Å²) >= 11 is 1.26. The molecule has 0 spiro atoms. The van der Waals surface area contributed by atoms with Gasteiger partial charge in [-0.05, 0) is 86.5 Å². The normalized spacial score (nSPS) is 14.6. The highest BCUT2D eigenvalue weighted by molar-refractivity contribution is 7.07. The van der Waals surface area contributed by atoms with Crippen LogP contribution >= 0.6 is 11.3 Å². The minimum atomic E-state index is -1.00. The number of para-hydroxylation sites is 1. The van der Waals surface area contributed by atoms with E-state index in [1.807, 2.05) is 79.1 Å². The maximum absolute atomic E-state index is 14.2. The second-order valence-electron chi connectivity index (χ2n) is 10.7. The van der Waals surface area contributed by atoms with Crippen molar-refractivity contribution in [3.63, 3.8) is 0 Å². The lowest BCUT2D eigenvalue weighted by atomic mass is 9.95. The Bertz CT molecular complexity index is 2170. The molecular weight excluding hydrogens is 588 g/mol. The zero-order chi connectivity index (χ0) is 31.8. The van der Waals surface area contributed by atoms with Gasteiger partial charge >= 0.3 is 5.97 Å². The lowest BCUT2D eigenvalue weighted by Crippen LogP contribution is -2.40. The van der Waals surface area contributed by atoms with Gasteiger partial charge in [0.25, 0.3) is 11.5 Å². The fourth-order valence-electron chi connectivity index (χ4n) is 5.68. The molecule has 5 aromatic rings. The molecule has 10 heteroatoms. The number of methoxy groups -OCH3 is 1. The molecule has 226 valence electrons. The van der Waals surface area contributed by atoms with Crippen LogP contribution in [0.2, 0.25) is 0 Å². The van der Waals surface area contributed by atoms with Gasteiger partial charge in [-0.1, -0.05) is 47.7 Å². The molecule has 0 saturated carbocycles. The van der Waals surface area contributed by atoms with Crippen molar-refractivity contribution in [3.05, 3.63) is 144 Å². The number of benzene rings is 3. The van der Waals surface area contributed by atoms with Crippen molar-refractivity contribution in [1.29, 1.82) is 0 Å². The first-order valence-corrected chi connectivity index (χ1v) is 15.0. The van der Waals surface area contributed by atoms with E-state index in [0.29, 0.717) is 32.0 Å². The number of anilines is 1. The first-order valence-electron chi connectivity index (χ1n) is 14.2. The highest BCUT2D eigenvalue weighted by Gasteiger charge is 2.32. The summed E-state index contributed by atoms with van der Waals surface area (Å²) in [7, 11) is 1.58. The van der Waals surface area contributed by atoms with Crippen molar-refractivity contribution >= 4 is 35.0 Å². The number of allylic oxidation sites excluding steroid dienone is 1. The van der Waals surface area contributed by atoms with Crippen LogP contribution in [0, 0.1) is 13.8 Å². The van der Waals surface area contributed by atoms with E-state index < -0.39 is 12.0 Å². The number of carboxylic acids is 1. The fourth-order valence-corrected chi connectivity index (χ4v) is 6.72. The Kier molecular flexibility index (Phi) is 7.82. The van der Waals surface area contributed by atoms with Crippen molar-refractivity contribution in [2.45, 2.75) is 26.8 Å². The largest absolute Gasteiger partial charge is 0.497 e. The standard InChI is InChI=1S/C35H30N4O5S/c1-20-17-25(22(3)38(20)27-12-8-9-24(18-27)34(42)43)19-29-33(41)39-31(23-13-15-28(44-4)16-14-23)30(21(2)36-35(39)45-29)32(40)37-26-10-6-5-7-11-26/h5-19,31H,1-4H3,(H,37,40)(H,42,43). The molecule has 3 aromatic carbocycles. The highest BCUT2D eigenvalue weighted by atomic mass is 32.1. The van der Waals surface area contributed by atoms with Crippen LogP contribution in [0.1, 0.15) is 45.8 Å². The number of carboxylic acid groups (broad SMARTS) is 1. The third-order valence-corrected chi connectivity index (χ3v) is 8.82. The Morgan fingerprint density at radius 1 is 0.978 bits per heavy atom. The molecule has 1 amide bonds. The monoisotopic (exact) mass is 618 g/mol. The van der Waals surface area contributed by atoms with E-state index in [4.69, 9.17) is 9.73 Å². The highest BCUT2D eigenvalue weighted by Crippen LogP contribution is 2.32. The lowest BCUT2D eigenvalue weighted by molar-refractivity contribution is -0.113. The summed E-state index contributed by atoms with van der Waals surface area (Å²) in [6.45, 7) is 5.65. The third kappa shape index (κ3) is 5.51. The molecule has 2 aromatic heterocycles. The van der Waals surface area contributed by atoms with Gasteiger partial charge in [0.1, 0.15) is 5.75 Å². The van der Waals surface area contributed by atoms with Crippen LogP contribution in [0.15, 0.2) is 106 Å². The molecule has 0 fully saturated rings. The molecule has 2 N–H and O–H groups in total. The number of aromatic nitrogens is 2. The number of carbonyl (C=O) groups excluding carboxylic acids is 1. The summed E-state index contributed by atoms with van der Waals surface area (Å²) in [6, 6.07) is 24.5. The van der Waals surface area contributed by atoms with Gasteiger partial charge in [-0.2, -0.15) is 0 Å². The summed E-state index contributed by atoms with van der Waals surface area (Å²) in [5, 5.41) is 12.4. The van der Waals surface area contributed by atoms with E-state index in [1.54, 1.807) is 48.9 Å². The van der Waals surface area contributed by atoms with Gasteiger partial charge < -0.3 is 19.7 Å². The summed E-state index contributed by atoms with van der Waals surface area (Å²) in [5.41, 5.74) is 5.48. The zero-order valence-corrected chi connectivity index (χ0v) is 25.9. The van der Waals surface area contributed by atoms with Crippen LogP contribution in [0.3, 0.4) is 0 Å². The number of aromatic carboxylic acids is 1. The van der Waals surface area contributed by atoms with Crippen molar-refractivity contribution in [1.82, 2.24) is 9.13 Å². The second-order valence-corrected chi connectivity index (χ2v) is 11.7. The molecule has 1 atom stereocenters. The van der Waals surface area contributed by atoms with Gasteiger partial charge in [0, 0.05) is 22.8 Å². The molecule has 1 aliphatic rings. The Morgan fingerprint density at radius 3 is 2.40 bits per heavy atom. The number of rotatable bonds is 7. The number of thiazole rings is 1. The van der Waals surface area contributed by atoms with Gasteiger partial charge in [-0.15, -0.1) is 0 Å². The van der Waals surface area contributed by atoms with Gasteiger partial charge in [-0.3, -0.25) is 14.2 Å². The Morgan fingerprint density at radius 2 is 1.71 bits per heavy atom. The van der Waals surface area contributed by atoms with Crippen molar-refractivity contribution in [2.24, 2.45) is 4.99 Å². The van der Waals surface area contributed by atoms with Crippen LogP contribution in [0.4, 0.5) is 5.69 Å². The van der Waals surface area contributed by atoms with Crippen LogP contribution in [-0.4, -0.2) is 33.2 Å². The summed E-state index contributed by atoms with van der Waals surface area (Å²) in [4.78, 5) is 44.8. The molecule has 3 heterocycles. The van der Waals surface area contributed by atoms with E-state index in [2.05, 4.69) is 5.32 Å². The predicted octanol–water partition coefficient (Wildman–Crippen LogP) is 4.99. The van der Waals surface area contributed by atoms with E-state index >= 15 is 0 Å². The molecule has 9 nitrogen and oxygen atoms in total. The van der Waals surface area contributed by atoms with Crippen molar-refractivity contribution in [2.75, 3.05) is 12.4 Å². The number of ether oxygens (including phenoxy) is 1. The van der Waals surface area contributed by atoms with E-state index in [1.165, 1.54) is 11.3 Å². The second kappa shape index (κ2) is 11.9. The summed E-state index contributed by atoms with van der Waals surface area (Å²) in [6.07, 6.45) is 1.83. The number of hydrogen-bond acceptors (Lipinski definition) is 6. The van der Waals surface area contributed by atoms with E-state index in [9.17, 15) is 19.5 Å². The number of hydrogen-bond donors (Lipinski definition) is 2. The van der Waals surface area contributed by atoms with E-state index in [-0.39, 0.29) is 17.0 Å². The topological polar surface area (TPSA) is 115 Å². The minimum Gasteiger partial charge on any atom is -0.497 e. The average molecular weight is 619 g/mol. The summed E-state index contributed by atoms with van der Waals surface area (Å²) in [5.74, 6) is -0.685. The molecule has 45 heavy (non-hydrogen) atoms. The molecule has 1 aliphatic heterocycles. The number of aryl methyl sites for hydroxylation is 1. The molecule has 1 unspecified atom stereocenters. The molecular formula is C35H30N4O5S. The number of fused-ring (bicyclic) bond motifs is 1. The number of nitrogens with one attached hydrogen (secondary N) is 1. The quantitative estimate of drug-likeness (QED) is 0.267. The van der Waals surface area contributed by atoms with Crippen LogP contribution in [0.5, 0.6) is 5.75 Å². The fraction of sp³-hybridized carbons (Fsp3) is 0.143. The van der Waals surface area contributed by atoms with Crippen LogP contribution in [0.25, 0.3) is 11.8 Å². The Hall–Kier alpha value is -5.48. The average Bonchev–Trinajstić information content (AvgIpc) is 3.49. The molecule has 0 aliphatic carbocycles. The predicted molar refractivity (Wildman–Crippen MR) is 174 cm³/mol. The van der Waals surface area contributed by atoms with Gasteiger partial charge in [0.05, 0.1) is 34.5 Å². The smallest absolute Gasteiger partial charge is 0.335 e. The van der Waals surface area contributed by atoms with Crippen molar-refractivity contribution < 1.29 is 19.4 Å². The Labute approximate surface area is 262 Å². The number of amides is 1. The maximum Gasteiger partial charge on any atom is 0.335 e. The van der Waals surface area contributed by atoms with Crippen LogP contribution < -0.4 is 24.9 Å². The van der Waals surface area contributed by atoms with Crippen LogP contribution in [-0.2, 0) is 4.79 Å². The zero-order valence-electron chi connectivity index (χ0n) is 25.1. The van der Waals surface area contributed by atoms with Gasteiger partial charge in [0.15, 0.2) is 4.80 Å². The van der Waals surface area contributed by atoms with Gasteiger partial charge in [0.2, 0.25) is 0 Å². The SMILES string of the molecule is COc1ccc(C2C(C(=O)Nc3ccccc3)=C(C)N=c3sc(=Cc4cc(C)n(-c5cccc(C(=O)O)c5)c4C)c(=O)n32)cc1. The third-order valence-electron chi connectivity index (χ3n) is 7.84.